The zero-order valence-corrected chi connectivity index (χ0v) is 13.7. The quantitative estimate of drug-likeness (QED) is 0.383. The summed E-state index contributed by atoms with van der Waals surface area (Å²) in [7, 11) is 0. The minimum Gasteiger partial charge on any atom is -0.332 e. The number of carbonyl (C=O) groups excluding carboxylic acids is 1. The summed E-state index contributed by atoms with van der Waals surface area (Å²) < 4.78 is 0. The summed E-state index contributed by atoms with van der Waals surface area (Å²) in [6.45, 7) is 1.61. The van der Waals surface area contributed by atoms with E-state index < -0.39 is 4.92 Å². The van der Waals surface area contributed by atoms with Crippen molar-refractivity contribution in [1.29, 1.82) is 0 Å². The van der Waals surface area contributed by atoms with Crippen molar-refractivity contribution < 1.29 is 9.72 Å². The van der Waals surface area contributed by atoms with E-state index in [0.29, 0.717) is 11.3 Å². The van der Waals surface area contributed by atoms with Crippen LogP contribution in [0.5, 0.6) is 0 Å². The molecule has 0 saturated heterocycles. The summed E-state index contributed by atoms with van der Waals surface area (Å²) >= 11 is 6.56. The van der Waals surface area contributed by atoms with Gasteiger partial charge in [0.1, 0.15) is 0 Å². The molecule has 0 saturated carbocycles. The summed E-state index contributed by atoms with van der Waals surface area (Å²) in [6.07, 6.45) is 3.06. The molecule has 1 heterocycles. The van der Waals surface area contributed by atoms with Crippen LogP contribution in [0.2, 0.25) is 0 Å². The van der Waals surface area contributed by atoms with Crippen LogP contribution >= 0.6 is 23.6 Å². The number of rotatable bonds is 4. The average molecular weight is 347 g/mol. The van der Waals surface area contributed by atoms with Gasteiger partial charge in [-0.3, -0.25) is 20.2 Å². The Hall–Kier alpha value is -2.58. The van der Waals surface area contributed by atoms with Crippen molar-refractivity contribution in [2.24, 2.45) is 0 Å². The van der Waals surface area contributed by atoms with Gasteiger partial charge in [-0.05, 0) is 42.7 Å². The topological polar surface area (TPSA) is 84.3 Å². The molecule has 0 aliphatic heterocycles. The fourth-order valence-corrected chi connectivity index (χ4v) is 2.64. The van der Waals surface area contributed by atoms with Crippen LogP contribution in [0.4, 0.5) is 11.4 Å². The SMILES string of the molecule is Cc1c(NC(=S)NC(=O)C=Cc2cccs2)cccc1[N+](=O)[O-]. The molecule has 118 valence electrons. The van der Waals surface area contributed by atoms with Crippen LogP contribution in [0, 0.1) is 17.0 Å². The van der Waals surface area contributed by atoms with E-state index >= 15 is 0 Å². The van der Waals surface area contributed by atoms with E-state index in [1.807, 2.05) is 17.5 Å². The number of carbonyl (C=O) groups is 1. The summed E-state index contributed by atoms with van der Waals surface area (Å²) in [5, 5.41) is 18.2. The fourth-order valence-electron chi connectivity index (χ4n) is 1.81. The molecule has 6 nitrogen and oxygen atoms in total. The number of thiocarbonyl (C=S) groups is 1. The Morgan fingerprint density at radius 2 is 2.13 bits per heavy atom. The van der Waals surface area contributed by atoms with Crippen molar-refractivity contribution in [3.63, 3.8) is 0 Å². The van der Waals surface area contributed by atoms with Gasteiger partial charge in [0.15, 0.2) is 5.11 Å². The Bertz CT molecular complexity index is 770. The molecular weight excluding hydrogens is 334 g/mol. The highest BCUT2D eigenvalue weighted by Gasteiger charge is 2.14. The van der Waals surface area contributed by atoms with E-state index in [-0.39, 0.29) is 16.7 Å². The van der Waals surface area contributed by atoms with Crippen molar-refractivity contribution >= 4 is 52.0 Å². The van der Waals surface area contributed by atoms with Crippen molar-refractivity contribution in [2.75, 3.05) is 5.32 Å². The molecule has 0 bridgehead atoms. The molecule has 2 N–H and O–H groups in total. The molecule has 0 fully saturated rings. The van der Waals surface area contributed by atoms with Crippen molar-refractivity contribution in [3.05, 3.63) is 62.3 Å². The Morgan fingerprint density at radius 1 is 1.35 bits per heavy atom. The van der Waals surface area contributed by atoms with Gasteiger partial charge in [0.25, 0.3) is 5.69 Å². The van der Waals surface area contributed by atoms with Gasteiger partial charge in [-0.1, -0.05) is 12.1 Å². The van der Waals surface area contributed by atoms with Gasteiger partial charge in [0.05, 0.1) is 16.2 Å². The number of amides is 1. The second kappa shape index (κ2) is 7.61. The Kier molecular flexibility index (Phi) is 5.56. The molecule has 2 aromatic rings. The van der Waals surface area contributed by atoms with E-state index in [9.17, 15) is 14.9 Å². The molecule has 0 aliphatic rings. The predicted octanol–water partition coefficient (Wildman–Crippen LogP) is 3.49. The number of nitro benzene ring substituents is 1. The Labute approximate surface area is 142 Å². The van der Waals surface area contributed by atoms with Gasteiger partial charge in [0, 0.05) is 17.0 Å². The highest BCUT2D eigenvalue weighted by Crippen LogP contribution is 2.24. The number of nitrogens with zero attached hydrogens (tertiary/aromatic N) is 1. The zero-order chi connectivity index (χ0) is 16.8. The standard InChI is InChI=1S/C15H13N3O3S2/c1-10-12(5-2-6-13(10)18(20)21)16-15(22)17-14(19)8-7-11-4-3-9-23-11/h2-9H,1H3,(H2,16,17,19,22). The summed E-state index contributed by atoms with van der Waals surface area (Å²) in [5.41, 5.74) is 0.914. The third kappa shape index (κ3) is 4.70. The fraction of sp³-hybridized carbons (Fsp3) is 0.0667. The zero-order valence-electron chi connectivity index (χ0n) is 12.1. The van der Waals surface area contributed by atoms with Crippen molar-refractivity contribution in [1.82, 2.24) is 5.32 Å². The first-order chi connectivity index (χ1) is 11.0. The molecular formula is C15H13N3O3S2. The first-order valence-electron chi connectivity index (χ1n) is 6.55. The van der Waals surface area contributed by atoms with E-state index in [1.54, 1.807) is 25.1 Å². The lowest BCUT2D eigenvalue weighted by Gasteiger charge is -2.10. The van der Waals surface area contributed by atoms with E-state index in [0.717, 1.165) is 4.88 Å². The molecule has 0 spiro atoms. The molecule has 0 atom stereocenters. The Morgan fingerprint density at radius 3 is 2.78 bits per heavy atom. The maximum absolute atomic E-state index is 11.8. The number of nitro groups is 1. The molecule has 0 radical (unpaired) electrons. The molecule has 0 unspecified atom stereocenters. The summed E-state index contributed by atoms with van der Waals surface area (Å²) in [6, 6.07) is 8.39. The maximum Gasteiger partial charge on any atom is 0.274 e. The minimum atomic E-state index is -0.466. The summed E-state index contributed by atoms with van der Waals surface area (Å²) in [5.74, 6) is -0.376. The van der Waals surface area contributed by atoms with E-state index in [2.05, 4.69) is 10.6 Å². The van der Waals surface area contributed by atoms with Crippen LogP contribution in [0.1, 0.15) is 10.4 Å². The van der Waals surface area contributed by atoms with Gasteiger partial charge in [-0.15, -0.1) is 11.3 Å². The van der Waals surface area contributed by atoms with Crippen molar-refractivity contribution in [2.45, 2.75) is 6.92 Å². The first-order valence-corrected chi connectivity index (χ1v) is 7.83. The molecule has 8 heteroatoms. The number of hydrogen-bond donors (Lipinski definition) is 2. The van der Waals surface area contributed by atoms with E-state index in [1.165, 1.54) is 23.5 Å². The number of hydrogen-bond acceptors (Lipinski definition) is 5. The smallest absolute Gasteiger partial charge is 0.274 e. The maximum atomic E-state index is 11.8. The largest absolute Gasteiger partial charge is 0.332 e. The molecule has 0 aliphatic carbocycles. The third-order valence-corrected chi connectivity index (χ3v) is 3.97. The second-order valence-corrected chi connectivity index (χ2v) is 5.89. The van der Waals surface area contributed by atoms with Gasteiger partial charge in [-0.2, -0.15) is 0 Å². The second-order valence-electron chi connectivity index (χ2n) is 4.50. The number of benzene rings is 1. The third-order valence-electron chi connectivity index (χ3n) is 2.93. The van der Waals surface area contributed by atoms with Gasteiger partial charge >= 0.3 is 0 Å². The van der Waals surface area contributed by atoms with Crippen LogP contribution in [-0.2, 0) is 4.79 Å². The van der Waals surface area contributed by atoms with Crippen molar-refractivity contribution in [3.8, 4) is 0 Å². The number of thiophene rings is 1. The minimum absolute atomic E-state index is 0.0123. The number of nitrogens with one attached hydrogen (secondary N) is 2. The van der Waals surface area contributed by atoms with Gasteiger partial charge in [-0.25, -0.2) is 0 Å². The lowest BCUT2D eigenvalue weighted by molar-refractivity contribution is -0.385. The molecule has 1 aromatic carbocycles. The predicted molar refractivity (Wildman–Crippen MR) is 95.5 cm³/mol. The molecule has 2 rings (SSSR count). The van der Waals surface area contributed by atoms with Crippen LogP contribution in [-0.4, -0.2) is 15.9 Å². The van der Waals surface area contributed by atoms with E-state index in [4.69, 9.17) is 12.2 Å². The Balaban J connectivity index is 1.98. The van der Waals surface area contributed by atoms with Gasteiger partial charge in [0.2, 0.25) is 5.91 Å². The van der Waals surface area contributed by atoms with Gasteiger partial charge < -0.3 is 5.32 Å². The average Bonchev–Trinajstić information content (AvgIpc) is 3.00. The number of anilines is 1. The normalized spacial score (nSPS) is 10.5. The molecule has 1 amide bonds. The summed E-state index contributed by atoms with van der Waals surface area (Å²) in [4.78, 5) is 23.2. The highest BCUT2D eigenvalue weighted by atomic mass is 32.1. The lowest BCUT2D eigenvalue weighted by Crippen LogP contribution is -2.33. The van der Waals surface area contributed by atoms with Crippen LogP contribution in [0.3, 0.4) is 0 Å². The molecule has 23 heavy (non-hydrogen) atoms. The van der Waals surface area contributed by atoms with Crippen LogP contribution < -0.4 is 10.6 Å². The highest BCUT2D eigenvalue weighted by molar-refractivity contribution is 7.80. The van der Waals surface area contributed by atoms with Crippen LogP contribution in [0.25, 0.3) is 6.08 Å². The van der Waals surface area contributed by atoms with Crippen LogP contribution in [0.15, 0.2) is 41.8 Å². The first kappa shape index (κ1) is 16.8. The monoisotopic (exact) mass is 347 g/mol. The molecule has 1 aromatic heterocycles. The lowest BCUT2D eigenvalue weighted by atomic mass is 10.1.